The average molecular weight is 210 g/mol. The van der Waals surface area contributed by atoms with Gasteiger partial charge in [0.2, 0.25) is 0 Å². The summed E-state index contributed by atoms with van der Waals surface area (Å²) in [6, 6.07) is 14.2. The molecule has 0 spiro atoms. The van der Waals surface area contributed by atoms with Gasteiger partial charge in [0, 0.05) is 11.9 Å². The maximum absolute atomic E-state index is 8.94. The van der Waals surface area contributed by atoms with E-state index in [9.17, 15) is 0 Å². The van der Waals surface area contributed by atoms with Gasteiger partial charge in [-0.25, -0.2) is 0 Å². The number of aromatic nitrogens is 1. The summed E-state index contributed by atoms with van der Waals surface area (Å²) in [5.41, 5.74) is 3.01. The molecule has 0 N–H and O–H groups in total. The van der Waals surface area contributed by atoms with Gasteiger partial charge in [-0.15, -0.1) is 0 Å². The predicted molar refractivity (Wildman–Crippen MR) is 64.6 cm³/mol. The lowest BCUT2D eigenvalue weighted by Gasteiger charge is -2.08. The minimum atomic E-state index is 0.536. The van der Waals surface area contributed by atoms with Crippen molar-refractivity contribution >= 4 is 0 Å². The van der Waals surface area contributed by atoms with Crippen LogP contribution in [0.5, 0.6) is 0 Å². The van der Waals surface area contributed by atoms with Crippen molar-refractivity contribution in [2.75, 3.05) is 0 Å². The Labute approximate surface area is 95.8 Å². The molecule has 2 heteroatoms. The van der Waals surface area contributed by atoms with Gasteiger partial charge in [-0.2, -0.15) is 5.26 Å². The molecule has 1 heterocycles. The third-order valence-electron chi connectivity index (χ3n) is 2.70. The number of hydrogen-bond acceptors (Lipinski definition) is 1. The van der Waals surface area contributed by atoms with E-state index in [0.29, 0.717) is 11.6 Å². The molecule has 2 rings (SSSR count). The first-order valence-electron chi connectivity index (χ1n) is 5.40. The van der Waals surface area contributed by atoms with E-state index < -0.39 is 0 Å². The summed E-state index contributed by atoms with van der Waals surface area (Å²) in [5.74, 6) is 0.536. The van der Waals surface area contributed by atoms with E-state index in [1.165, 1.54) is 5.56 Å². The number of benzene rings is 1. The Balaban J connectivity index is 2.39. The van der Waals surface area contributed by atoms with Crippen LogP contribution in [0.25, 0.3) is 5.69 Å². The second-order valence-corrected chi connectivity index (χ2v) is 4.12. The van der Waals surface area contributed by atoms with Crippen molar-refractivity contribution in [3.63, 3.8) is 0 Å². The van der Waals surface area contributed by atoms with Crippen molar-refractivity contribution in [1.82, 2.24) is 4.57 Å². The van der Waals surface area contributed by atoms with Crippen LogP contribution in [0.1, 0.15) is 31.0 Å². The van der Waals surface area contributed by atoms with Crippen molar-refractivity contribution in [3.05, 3.63) is 53.9 Å². The maximum Gasteiger partial charge on any atom is 0.124 e. The smallest absolute Gasteiger partial charge is 0.124 e. The van der Waals surface area contributed by atoms with E-state index in [1.807, 2.05) is 22.9 Å². The number of rotatable bonds is 2. The first-order valence-corrected chi connectivity index (χ1v) is 5.40. The largest absolute Gasteiger partial charge is 0.308 e. The van der Waals surface area contributed by atoms with Crippen molar-refractivity contribution in [3.8, 4) is 11.8 Å². The summed E-state index contributed by atoms with van der Waals surface area (Å²) in [4.78, 5) is 0. The first kappa shape index (κ1) is 10.5. The molecule has 0 aliphatic carbocycles. The molecule has 0 amide bonds. The summed E-state index contributed by atoms with van der Waals surface area (Å²) >= 11 is 0. The van der Waals surface area contributed by atoms with Crippen molar-refractivity contribution in [2.24, 2.45) is 0 Å². The molecule has 2 nitrogen and oxygen atoms in total. The summed E-state index contributed by atoms with van der Waals surface area (Å²) < 4.78 is 1.89. The summed E-state index contributed by atoms with van der Waals surface area (Å²) in [7, 11) is 0. The monoisotopic (exact) mass is 210 g/mol. The van der Waals surface area contributed by atoms with Gasteiger partial charge in [-0.1, -0.05) is 26.0 Å². The van der Waals surface area contributed by atoms with E-state index in [-0.39, 0.29) is 0 Å². The third kappa shape index (κ3) is 1.85. The zero-order chi connectivity index (χ0) is 11.5. The van der Waals surface area contributed by atoms with Gasteiger partial charge in [0.15, 0.2) is 0 Å². The quantitative estimate of drug-likeness (QED) is 0.746. The number of nitrogens with zero attached hydrogens (tertiary/aromatic N) is 2. The van der Waals surface area contributed by atoms with Gasteiger partial charge in [0.1, 0.15) is 11.8 Å². The topological polar surface area (TPSA) is 28.7 Å². The molecule has 0 aliphatic rings. The Hall–Kier alpha value is -2.01. The van der Waals surface area contributed by atoms with Gasteiger partial charge < -0.3 is 4.57 Å². The fourth-order valence-electron chi connectivity index (χ4n) is 1.72. The molecule has 80 valence electrons. The van der Waals surface area contributed by atoms with Crippen LogP contribution in [-0.4, -0.2) is 4.57 Å². The molecule has 0 saturated carbocycles. The zero-order valence-corrected chi connectivity index (χ0v) is 9.51. The highest BCUT2D eigenvalue weighted by atomic mass is 15.0. The molecule has 0 aliphatic heterocycles. The van der Waals surface area contributed by atoms with Crippen molar-refractivity contribution in [2.45, 2.75) is 19.8 Å². The molecule has 0 radical (unpaired) electrons. The second-order valence-electron chi connectivity index (χ2n) is 4.12. The summed E-state index contributed by atoms with van der Waals surface area (Å²) in [6.07, 6.45) is 1.91. The molecule has 0 fully saturated rings. The number of nitriles is 1. The van der Waals surface area contributed by atoms with Crippen LogP contribution in [0.2, 0.25) is 0 Å². The van der Waals surface area contributed by atoms with Crippen LogP contribution >= 0.6 is 0 Å². The molecule has 2 aromatic rings. The predicted octanol–water partition coefficient (Wildman–Crippen LogP) is 3.47. The van der Waals surface area contributed by atoms with Crippen molar-refractivity contribution in [1.29, 1.82) is 5.26 Å². The molecular formula is C14H14N2. The minimum absolute atomic E-state index is 0.536. The van der Waals surface area contributed by atoms with Crippen molar-refractivity contribution < 1.29 is 0 Å². The highest BCUT2D eigenvalue weighted by Gasteiger charge is 2.03. The second kappa shape index (κ2) is 4.24. The molecule has 0 bridgehead atoms. The van der Waals surface area contributed by atoms with Gasteiger partial charge in [-0.05, 0) is 35.7 Å². The lowest BCUT2D eigenvalue weighted by Crippen LogP contribution is -1.96. The summed E-state index contributed by atoms with van der Waals surface area (Å²) in [6.45, 7) is 4.34. The third-order valence-corrected chi connectivity index (χ3v) is 2.70. The van der Waals surface area contributed by atoms with E-state index in [0.717, 1.165) is 5.69 Å². The maximum atomic E-state index is 8.94. The lowest BCUT2D eigenvalue weighted by atomic mass is 10.0. The van der Waals surface area contributed by atoms with Gasteiger partial charge in [0.25, 0.3) is 0 Å². The zero-order valence-electron chi connectivity index (χ0n) is 9.51. The van der Waals surface area contributed by atoms with E-state index in [1.54, 1.807) is 0 Å². The van der Waals surface area contributed by atoms with Crippen LogP contribution in [0, 0.1) is 11.3 Å². The van der Waals surface area contributed by atoms with E-state index in [4.69, 9.17) is 5.26 Å². The average Bonchev–Trinajstić information content (AvgIpc) is 2.77. The Morgan fingerprint density at radius 3 is 2.38 bits per heavy atom. The van der Waals surface area contributed by atoms with Crippen LogP contribution in [-0.2, 0) is 0 Å². The Morgan fingerprint density at radius 2 is 1.81 bits per heavy atom. The van der Waals surface area contributed by atoms with E-state index >= 15 is 0 Å². The molecular weight excluding hydrogens is 196 g/mol. The van der Waals surface area contributed by atoms with Crippen LogP contribution in [0.4, 0.5) is 0 Å². The molecule has 0 saturated heterocycles. The van der Waals surface area contributed by atoms with Gasteiger partial charge >= 0.3 is 0 Å². The highest BCUT2D eigenvalue weighted by Crippen LogP contribution is 2.18. The Bertz CT molecular complexity index is 512. The first-order chi connectivity index (χ1) is 7.72. The highest BCUT2D eigenvalue weighted by molar-refractivity contribution is 5.40. The standard InChI is InChI=1S/C14H14N2/c1-11(2)12-5-7-13(8-6-12)16-9-3-4-14(16)10-15/h3-9,11H,1-2H3. The van der Waals surface area contributed by atoms with E-state index in [2.05, 4.69) is 44.2 Å². The molecule has 1 aromatic carbocycles. The molecule has 1 aromatic heterocycles. The normalized spacial score (nSPS) is 10.4. The van der Waals surface area contributed by atoms with Gasteiger partial charge in [0.05, 0.1) is 0 Å². The number of hydrogen-bond donors (Lipinski definition) is 0. The summed E-state index contributed by atoms with van der Waals surface area (Å²) in [5, 5.41) is 8.94. The minimum Gasteiger partial charge on any atom is -0.308 e. The van der Waals surface area contributed by atoms with Crippen LogP contribution in [0.3, 0.4) is 0 Å². The molecule has 16 heavy (non-hydrogen) atoms. The fraction of sp³-hybridized carbons (Fsp3) is 0.214. The van der Waals surface area contributed by atoms with Gasteiger partial charge in [-0.3, -0.25) is 0 Å². The van der Waals surface area contributed by atoms with Crippen LogP contribution in [0.15, 0.2) is 42.6 Å². The van der Waals surface area contributed by atoms with Crippen LogP contribution < -0.4 is 0 Å². The Kier molecular flexibility index (Phi) is 2.78. The molecule has 0 unspecified atom stereocenters. The Morgan fingerprint density at radius 1 is 1.12 bits per heavy atom. The SMILES string of the molecule is CC(C)c1ccc(-n2cccc2C#N)cc1. The fourth-order valence-corrected chi connectivity index (χ4v) is 1.72. The lowest BCUT2D eigenvalue weighted by molar-refractivity contribution is 0.865. The molecule has 0 atom stereocenters.